The third-order valence-electron chi connectivity index (χ3n) is 2.62. The molecule has 0 aromatic heterocycles. The van der Waals surface area contributed by atoms with Crippen LogP contribution >= 0.6 is 0 Å². The Morgan fingerprint density at radius 1 is 1.35 bits per heavy atom. The van der Waals surface area contributed by atoms with Gasteiger partial charge in [0, 0.05) is 12.1 Å². The van der Waals surface area contributed by atoms with E-state index in [-0.39, 0.29) is 5.82 Å². The van der Waals surface area contributed by atoms with Crippen LogP contribution in [0.3, 0.4) is 0 Å². The molecule has 0 unspecified atom stereocenters. The minimum Gasteiger partial charge on any atom is -0.466 e. The zero-order chi connectivity index (χ0) is 12.4. The molecular formula is C13H12FNO2. The first kappa shape index (κ1) is 11.4. The quantitative estimate of drug-likeness (QED) is 0.795. The van der Waals surface area contributed by atoms with Gasteiger partial charge in [0.1, 0.15) is 5.82 Å². The van der Waals surface area contributed by atoms with Crippen molar-refractivity contribution in [2.75, 3.05) is 7.11 Å². The monoisotopic (exact) mass is 233 g/mol. The summed E-state index contributed by atoms with van der Waals surface area (Å²) < 4.78 is 17.5. The molecule has 0 fully saturated rings. The third kappa shape index (κ3) is 2.20. The van der Waals surface area contributed by atoms with Gasteiger partial charge in [-0.25, -0.2) is 9.18 Å². The van der Waals surface area contributed by atoms with E-state index in [1.54, 1.807) is 18.2 Å². The van der Waals surface area contributed by atoms with Gasteiger partial charge in [0.15, 0.2) is 0 Å². The van der Waals surface area contributed by atoms with Crippen LogP contribution in [0.4, 0.5) is 4.39 Å². The van der Waals surface area contributed by atoms with Crippen molar-refractivity contribution in [2.24, 2.45) is 5.73 Å². The first-order valence-electron chi connectivity index (χ1n) is 5.15. The number of nitrogens with two attached hydrogens (primary N) is 1. The summed E-state index contributed by atoms with van der Waals surface area (Å²) in [5.74, 6) is -0.718. The molecule has 0 amide bonds. The van der Waals surface area contributed by atoms with Gasteiger partial charge in [0.2, 0.25) is 0 Å². The van der Waals surface area contributed by atoms with Crippen LogP contribution in [0, 0.1) is 5.82 Å². The lowest BCUT2D eigenvalue weighted by Gasteiger charge is -2.05. The van der Waals surface area contributed by atoms with Gasteiger partial charge in [0.25, 0.3) is 0 Å². The maximum atomic E-state index is 12.8. The van der Waals surface area contributed by atoms with Crippen molar-refractivity contribution in [1.82, 2.24) is 0 Å². The Bertz CT molecular complexity index is 515. The van der Waals surface area contributed by atoms with Crippen molar-refractivity contribution in [3.63, 3.8) is 0 Å². The van der Waals surface area contributed by atoms with Crippen molar-refractivity contribution in [3.05, 3.63) is 53.0 Å². The summed E-state index contributed by atoms with van der Waals surface area (Å²) in [6.45, 7) is 0. The van der Waals surface area contributed by atoms with Gasteiger partial charge in [-0.05, 0) is 29.3 Å². The van der Waals surface area contributed by atoms with Crippen LogP contribution < -0.4 is 5.73 Å². The smallest absolute Gasteiger partial charge is 0.334 e. The number of allylic oxidation sites excluding steroid dienone is 3. The van der Waals surface area contributed by atoms with Crippen molar-refractivity contribution < 1.29 is 13.9 Å². The van der Waals surface area contributed by atoms with Crippen LogP contribution in [0.25, 0.3) is 5.57 Å². The van der Waals surface area contributed by atoms with E-state index < -0.39 is 5.97 Å². The number of carbonyl (C=O) groups excluding carboxylic acids is 1. The fourth-order valence-corrected chi connectivity index (χ4v) is 1.82. The lowest BCUT2D eigenvalue weighted by Crippen LogP contribution is -2.06. The molecule has 1 aromatic rings. The number of hydrogen-bond acceptors (Lipinski definition) is 3. The molecule has 1 aliphatic rings. The van der Waals surface area contributed by atoms with Crippen molar-refractivity contribution in [1.29, 1.82) is 0 Å². The molecule has 88 valence electrons. The third-order valence-corrected chi connectivity index (χ3v) is 2.62. The molecule has 4 heteroatoms. The molecule has 2 N–H and O–H groups in total. The minimum atomic E-state index is -0.402. The molecule has 17 heavy (non-hydrogen) atoms. The second-order valence-corrected chi connectivity index (χ2v) is 3.79. The average molecular weight is 233 g/mol. The largest absolute Gasteiger partial charge is 0.466 e. The Hall–Kier alpha value is -2.10. The maximum Gasteiger partial charge on any atom is 0.334 e. The molecule has 0 heterocycles. The molecule has 2 rings (SSSR count). The molecule has 0 spiro atoms. The summed E-state index contributed by atoms with van der Waals surface area (Å²) in [4.78, 5) is 11.6. The molecular weight excluding hydrogens is 221 g/mol. The average Bonchev–Trinajstić information content (AvgIpc) is 2.71. The van der Waals surface area contributed by atoms with E-state index in [0.29, 0.717) is 23.3 Å². The van der Waals surface area contributed by atoms with E-state index in [2.05, 4.69) is 0 Å². The summed E-state index contributed by atoms with van der Waals surface area (Å²) in [5.41, 5.74) is 8.29. The van der Waals surface area contributed by atoms with Crippen molar-refractivity contribution in [3.8, 4) is 0 Å². The van der Waals surface area contributed by atoms with Gasteiger partial charge >= 0.3 is 5.97 Å². The Morgan fingerprint density at radius 2 is 2.00 bits per heavy atom. The Kier molecular flexibility index (Phi) is 2.95. The highest BCUT2D eigenvalue weighted by molar-refractivity contribution is 6.02. The number of hydrogen-bond donors (Lipinski definition) is 1. The summed E-state index contributed by atoms with van der Waals surface area (Å²) >= 11 is 0. The normalized spacial score (nSPS) is 14.8. The molecule has 0 atom stereocenters. The second kappa shape index (κ2) is 4.41. The van der Waals surface area contributed by atoms with Crippen molar-refractivity contribution in [2.45, 2.75) is 6.42 Å². The molecule has 1 aliphatic carbocycles. The number of rotatable bonds is 2. The lowest BCUT2D eigenvalue weighted by molar-refractivity contribution is -0.136. The van der Waals surface area contributed by atoms with E-state index in [4.69, 9.17) is 10.5 Å². The predicted octanol–water partition coefficient (Wildman–Crippen LogP) is 2.00. The Balaban J connectivity index is 2.45. The summed E-state index contributed by atoms with van der Waals surface area (Å²) in [5, 5.41) is 0. The zero-order valence-corrected chi connectivity index (χ0v) is 9.37. The van der Waals surface area contributed by atoms with Crippen LogP contribution in [0.5, 0.6) is 0 Å². The standard InChI is InChI=1S/C13H12FNO2/c1-17-13(16)12-7-10(15)6-11(12)8-2-4-9(14)5-3-8/h2-6H,7,15H2,1H3. The van der Waals surface area contributed by atoms with Gasteiger partial charge < -0.3 is 10.5 Å². The van der Waals surface area contributed by atoms with Gasteiger partial charge in [-0.2, -0.15) is 0 Å². The van der Waals surface area contributed by atoms with Crippen LogP contribution in [0.1, 0.15) is 12.0 Å². The Morgan fingerprint density at radius 3 is 2.59 bits per heavy atom. The fraction of sp³-hybridized carbons (Fsp3) is 0.154. The molecule has 0 aliphatic heterocycles. The molecule has 0 saturated carbocycles. The molecule has 0 bridgehead atoms. The number of ether oxygens (including phenoxy) is 1. The SMILES string of the molecule is COC(=O)C1=C(c2ccc(F)cc2)C=C(N)C1. The highest BCUT2D eigenvalue weighted by atomic mass is 19.1. The first-order valence-corrected chi connectivity index (χ1v) is 5.15. The van der Waals surface area contributed by atoms with Gasteiger partial charge in [-0.3, -0.25) is 0 Å². The van der Waals surface area contributed by atoms with Gasteiger partial charge in [-0.15, -0.1) is 0 Å². The van der Waals surface area contributed by atoms with E-state index in [0.717, 1.165) is 5.56 Å². The molecule has 3 nitrogen and oxygen atoms in total. The van der Waals surface area contributed by atoms with Crippen LogP contribution in [-0.4, -0.2) is 13.1 Å². The number of esters is 1. The van der Waals surface area contributed by atoms with E-state index in [1.807, 2.05) is 0 Å². The molecule has 1 aromatic carbocycles. The number of methoxy groups -OCH3 is 1. The summed E-state index contributed by atoms with van der Waals surface area (Å²) in [6.07, 6.45) is 2.10. The lowest BCUT2D eigenvalue weighted by atomic mass is 10.0. The highest BCUT2D eigenvalue weighted by Gasteiger charge is 2.22. The fourth-order valence-electron chi connectivity index (χ4n) is 1.82. The number of carbonyl (C=O) groups is 1. The number of benzene rings is 1. The molecule has 0 saturated heterocycles. The zero-order valence-electron chi connectivity index (χ0n) is 9.37. The highest BCUT2D eigenvalue weighted by Crippen LogP contribution is 2.31. The predicted molar refractivity (Wildman–Crippen MR) is 62.2 cm³/mol. The van der Waals surface area contributed by atoms with Crippen LogP contribution in [-0.2, 0) is 9.53 Å². The van der Waals surface area contributed by atoms with Crippen molar-refractivity contribution >= 4 is 11.5 Å². The van der Waals surface area contributed by atoms with Gasteiger partial charge in [0.05, 0.1) is 12.7 Å². The minimum absolute atomic E-state index is 0.316. The second-order valence-electron chi connectivity index (χ2n) is 3.79. The molecule has 0 radical (unpaired) electrons. The summed E-state index contributed by atoms with van der Waals surface area (Å²) in [7, 11) is 1.33. The van der Waals surface area contributed by atoms with Gasteiger partial charge in [-0.1, -0.05) is 12.1 Å². The Labute approximate surface area is 98.4 Å². The topological polar surface area (TPSA) is 52.3 Å². The number of halogens is 1. The first-order chi connectivity index (χ1) is 8.11. The van der Waals surface area contributed by atoms with Crippen LogP contribution in [0.2, 0.25) is 0 Å². The van der Waals surface area contributed by atoms with Crippen LogP contribution in [0.15, 0.2) is 41.6 Å². The maximum absolute atomic E-state index is 12.8. The van der Waals surface area contributed by atoms with E-state index in [1.165, 1.54) is 19.2 Å². The van der Waals surface area contributed by atoms with E-state index >= 15 is 0 Å². The summed E-state index contributed by atoms with van der Waals surface area (Å²) in [6, 6.07) is 5.92. The van der Waals surface area contributed by atoms with E-state index in [9.17, 15) is 9.18 Å².